The van der Waals surface area contributed by atoms with Crippen LogP contribution in [-0.2, 0) is 14.0 Å². The van der Waals surface area contributed by atoms with E-state index in [9.17, 15) is 4.79 Å². The molecule has 0 aliphatic rings. The van der Waals surface area contributed by atoms with Crippen LogP contribution in [0.2, 0.25) is 21.6 Å². The fourth-order valence-electron chi connectivity index (χ4n) is 5.74. The molecule has 0 spiro atoms. The fraction of sp³-hybridized carbons (Fsp3) is 0.484. The zero-order valence-electron chi connectivity index (χ0n) is 26.6. The van der Waals surface area contributed by atoms with Crippen molar-refractivity contribution in [1.29, 1.82) is 0 Å². The van der Waals surface area contributed by atoms with Gasteiger partial charge < -0.3 is 19.2 Å². The van der Waals surface area contributed by atoms with Gasteiger partial charge in [-0.3, -0.25) is 9.78 Å². The molecule has 2 atom stereocenters. The third-order valence-corrected chi connectivity index (χ3v) is 14.2. The molecule has 3 aromatic heterocycles. The van der Waals surface area contributed by atoms with Crippen LogP contribution in [0.1, 0.15) is 54.2 Å². The molecule has 3 heterocycles. The lowest BCUT2D eigenvalue weighted by Gasteiger charge is -2.42. The van der Waals surface area contributed by atoms with E-state index in [-0.39, 0.29) is 18.6 Å². The van der Waals surface area contributed by atoms with Crippen LogP contribution in [0.3, 0.4) is 0 Å². The van der Waals surface area contributed by atoms with E-state index < -0.39 is 20.3 Å². The molecular weight excluding hydrogens is 598 g/mol. The van der Waals surface area contributed by atoms with Crippen LogP contribution in [0.25, 0.3) is 16.7 Å². The second-order valence-corrected chi connectivity index (χ2v) is 17.7. The van der Waals surface area contributed by atoms with E-state index in [1.807, 2.05) is 32.0 Å². The number of nitrogens with one attached hydrogen (secondary N) is 1. The van der Waals surface area contributed by atoms with Crippen molar-refractivity contribution in [2.75, 3.05) is 18.5 Å². The molecule has 0 fully saturated rings. The van der Waals surface area contributed by atoms with Gasteiger partial charge in [0.15, 0.2) is 19.8 Å². The summed E-state index contributed by atoms with van der Waals surface area (Å²) in [4.78, 5) is 30.7. The Morgan fingerprint density at radius 1 is 0.932 bits per heavy atom. The molecular formula is C31H42ClN7O4Si. The van der Waals surface area contributed by atoms with Crippen molar-refractivity contribution in [3.05, 3.63) is 59.9 Å². The molecule has 0 bridgehead atoms. The summed E-state index contributed by atoms with van der Waals surface area (Å²) in [7, 11) is -2.09. The summed E-state index contributed by atoms with van der Waals surface area (Å²) in [6.45, 7) is 17.6. The lowest BCUT2D eigenvalue weighted by molar-refractivity contribution is -0.127. The summed E-state index contributed by atoms with van der Waals surface area (Å²) in [5, 5.41) is 8.27. The standard InChI is InChI=1S/C31H42ClN7O4Si/c1-19(2)44(20(3)4,21(5)6)42-16-23(8)41-17-27(30(40)38-28-15-33-22(7)13-34-28)43-31-24-14-37-39(29(24)35-18-36-31)26-12-10-9-11-25(26)32/h9-15,18-21,23,27H,16-17H2,1-8H3,(H,34,38,40)/t23?,27-/m0/s1. The van der Waals surface area contributed by atoms with Crippen molar-refractivity contribution in [2.24, 2.45) is 0 Å². The Balaban J connectivity index is 1.56. The Morgan fingerprint density at radius 3 is 2.27 bits per heavy atom. The van der Waals surface area contributed by atoms with Crippen molar-refractivity contribution in [3.63, 3.8) is 0 Å². The molecule has 1 unspecified atom stereocenters. The van der Waals surface area contributed by atoms with Gasteiger partial charge in [0.25, 0.3) is 5.91 Å². The van der Waals surface area contributed by atoms with Crippen molar-refractivity contribution in [2.45, 2.75) is 84.2 Å². The van der Waals surface area contributed by atoms with Crippen LogP contribution in [0.4, 0.5) is 5.82 Å². The second kappa shape index (κ2) is 14.6. The SMILES string of the molecule is Cc1cnc(NC(=O)[C@H](COC(C)CO[Si](C(C)C)(C(C)C)C(C)C)Oc2ncnc3c2cnn3-c2ccccc2Cl)cn1. The normalized spacial score (nSPS) is 13.5. The number of carbonyl (C=O) groups excluding carboxylic acids is 1. The van der Waals surface area contributed by atoms with Crippen molar-refractivity contribution >= 4 is 42.7 Å². The summed E-state index contributed by atoms with van der Waals surface area (Å²) in [5.41, 5.74) is 3.20. The van der Waals surface area contributed by atoms with E-state index in [1.54, 1.807) is 23.1 Å². The molecule has 1 amide bonds. The number of benzene rings is 1. The molecule has 0 aliphatic carbocycles. The minimum absolute atomic E-state index is 0.0562. The van der Waals surface area contributed by atoms with Crippen LogP contribution in [0, 0.1) is 6.92 Å². The van der Waals surface area contributed by atoms with Crippen LogP contribution in [-0.4, -0.2) is 69.4 Å². The van der Waals surface area contributed by atoms with E-state index >= 15 is 0 Å². The summed E-state index contributed by atoms with van der Waals surface area (Å²) in [6, 6.07) is 7.31. The highest BCUT2D eigenvalue weighted by Gasteiger charge is 2.45. The van der Waals surface area contributed by atoms with Crippen molar-refractivity contribution < 1.29 is 18.7 Å². The Labute approximate surface area is 264 Å². The molecule has 11 nitrogen and oxygen atoms in total. The van der Waals surface area contributed by atoms with Gasteiger partial charge in [0, 0.05) is 0 Å². The van der Waals surface area contributed by atoms with Crippen LogP contribution >= 0.6 is 11.6 Å². The van der Waals surface area contributed by atoms with Gasteiger partial charge in [-0.1, -0.05) is 65.3 Å². The van der Waals surface area contributed by atoms with E-state index in [4.69, 9.17) is 25.5 Å². The van der Waals surface area contributed by atoms with Crippen LogP contribution < -0.4 is 10.1 Å². The van der Waals surface area contributed by atoms with E-state index in [0.29, 0.717) is 50.8 Å². The number of nitrogens with zero attached hydrogens (tertiary/aromatic N) is 6. The maximum atomic E-state index is 13.5. The number of ether oxygens (including phenoxy) is 2. The first-order valence-corrected chi connectivity index (χ1v) is 17.4. The predicted molar refractivity (Wildman–Crippen MR) is 174 cm³/mol. The smallest absolute Gasteiger partial charge is 0.269 e. The average molecular weight is 640 g/mol. The van der Waals surface area contributed by atoms with Gasteiger partial charge in [-0.15, -0.1) is 0 Å². The first-order valence-electron chi connectivity index (χ1n) is 14.9. The number of amides is 1. The number of hydrogen-bond acceptors (Lipinski definition) is 9. The van der Waals surface area contributed by atoms with E-state index in [0.717, 1.165) is 5.69 Å². The van der Waals surface area contributed by atoms with Crippen LogP contribution in [0.15, 0.2) is 49.2 Å². The van der Waals surface area contributed by atoms with Gasteiger partial charge in [-0.05, 0) is 42.6 Å². The zero-order chi connectivity index (χ0) is 32.0. The number of fused-ring (bicyclic) bond motifs is 1. The topological polar surface area (TPSA) is 126 Å². The third kappa shape index (κ3) is 7.43. The minimum atomic E-state index is -2.09. The molecule has 4 aromatic rings. The minimum Gasteiger partial charge on any atom is -0.461 e. The number of rotatable bonds is 14. The molecule has 236 valence electrons. The summed E-state index contributed by atoms with van der Waals surface area (Å²) >= 11 is 6.42. The third-order valence-electron chi connectivity index (χ3n) is 7.80. The van der Waals surface area contributed by atoms with E-state index in [2.05, 4.69) is 71.9 Å². The molecule has 0 aliphatic heterocycles. The lowest BCUT2D eigenvalue weighted by Crippen LogP contribution is -2.49. The Hall–Kier alpha value is -3.45. The quantitative estimate of drug-likeness (QED) is 0.153. The molecule has 0 saturated carbocycles. The first-order chi connectivity index (χ1) is 20.9. The number of halogens is 1. The molecule has 0 saturated heterocycles. The van der Waals surface area contributed by atoms with Gasteiger partial charge in [0.1, 0.15) is 11.7 Å². The average Bonchev–Trinajstić information content (AvgIpc) is 3.41. The number of anilines is 1. The highest BCUT2D eigenvalue weighted by molar-refractivity contribution is 6.77. The lowest BCUT2D eigenvalue weighted by atomic mass is 10.3. The Kier molecular flexibility index (Phi) is 11.1. The Morgan fingerprint density at radius 2 is 1.64 bits per heavy atom. The summed E-state index contributed by atoms with van der Waals surface area (Å²) < 4.78 is 20.7. The van der Waals surface area contributed by atoms with Gasteiger partial charge in [0.05, 0.1) is 54.3 Å². The first kappa shape index (κ1) is 33.4. The molecule has 1 N–H and O–H groups in total. The molecule has 44 heavy (non-hydrogen) atoms. The maximum Gasteiger partial charge on any atom is 0.269 e. The number of aryl methyl sites for hydroxylation is 1. The zero-order valence-corrected chi connectivity index (χ0v) is 28.4. The van der Waals surface area contributed by atoms with Gasteiger partial charge >= 0.3 is 0 Å². The summed E-state index contributed by atoms with van der Waals surface area (Å²) in [5.74, 6) is 0.0186. The fourth-order valence-corrected chi connectivity index (χ4v) is 11.5. The highest BCUT2D eigenvalue weighted by Crippen LogP contribution is 2.42. The number of para-hydroxylation sites is 1. The van der Waals surface area contributed by atoms with Gasteiger partial charge in [-0.2, -0.15) is 5.10 Å². The second-order valence-electron chi connectivity index (χ2n) is 11.8. The summed E-state index contributed by atoms with van der Waals surface area (Å²) in [6.07, 6.45) is 4.64. The monoisotopic (exact) mass is 639 g/mol. The molecule has 0 radical (unpaired) electrons. The largest absolute Gasteiger partial charge is 0.461 e. The maximum absolute atomic E-state index is 13.5. The van der Waals surface area contributed by atoms with E-state index in [1.165, 1.54) is 12.5 Å². The number of hydrogen-bond donors (Lipinski definition) is 1. The molecule has 13 heteroatoms. The number of aromatic nitrogens is 6. The Bertz CT molecular complexity index is 1530. The van der Waals surface area contributed by atoms with Crippen molar-refractivity contribution in [1.82, 2.24) is 29.7 Å². The van der Waals surface area contributed by atoms with Crippen LogP contribution in [0.5, 0.6) is 5.88 Å². The molecule has 4 rings (SSSR count). The van der Waals surface area contributed by atoms with Crippen molar-refractivity contribution in [3.8, 4) is 11.6 Å². The highest BCUT2D eigenvalue weighted by atomic mass is 35.5. The number of carbonyl (C=O) groups is 1. The predicted octanol–water partition coefficient (Wildman–Crippen LogP) is 6.55. The van der Waals surface area contributed by atoms with Gasteiger partial charge in [-0.25, -0.2) is 19.6 Å². The van der Waals surface area contributed by atoms with Gasteiger partial charge in [0.2, 0.25) is 12.0 Å². The molecule has 1 aromatic carbocycles.